The van der Waals surface area contributed by atoms with E-state index in [0.29, 0.717) is 28.9 Å². The van der Waals surface area contributed by atoms with Crippen molar-refractivity contribution in [3.63, 3.8) is 0 Å². The molecule has 0 aliphatic rings. The van der Waals surface area contributed by atoms with E-state index in [0.717, 1.165) is 24.8 Å². The molecule has 7 heteroatoms. The van der Waals surface area contributed by atoms with Gasteiger partial charge in [-0.05, 0) is 30.5 Å². The zero-order chi connectivity index (χ0) is 17.5. The summed E-state index contributed by atoms with van der Waals surface area (Å²) in [6, 6.07) is 5.02. The van der Waals surface area contributed by atoms with Crippen molar-refractivity contribution in [1.82, 2.24) is 10.3 Å². The van der Waals surface area contributed by atoms with Gasteiger partial charge in [-0.2, -0.15) is 0 Å². The zero-order valence-electron chi connectivity index (χ0n) is 13.5. The number of hydrogen-bond acceptors (Lipinski definition) is 4. The fourth-order valence-electron chi connectivity index (χ4n) is 2.24. The summed E-state index contributed by atoms with van der Waals surface area (Å²) in [6.45, 7) is 2.53. The van der Waals surface area contributed by atoms with Gasteiger partial charge < -0.3 is 15.5 Å². The van der Waals surface area contributed by atoms with E-state index in [4.69, 9.17) is 33.4 Å². The monoisotopic (exact) mass is 369 g/mol. The van der Waals surface area contributed by atoms with E-state index in [2.05, 4.69) is 17.2 Å². The maximum Gasteiger partial charge on any atom is 0.273 e. The number of nitrogens with two attached hydrogens (primary N) is 1. The summed E-state index contributed by atoms with van der Waals surface area (Å²) in [5.41, 5.74) is 7.14. The molecule has 24 heavy (non-hydrogen) atoms. The standard InChI is InChI=1S/C17H21Cl2N3O2/c1-2-3-4-14(20)17-22-15(10-24-17)16(23)21-8-7-11-5-6-12(18)9-13(11)19/h5-6,9-10,14H,2-4,7-8,20H2,1H3,(H,21,23). The van der Waals surface area contributed by atoms with E-state index in [1.54, 1.807) is 12.1 Å². The Labute approximate surface area is 151 Å². The number of unbranched alkanes of at least 4 members (excludes halogenated alkanes) is 1. The minimum Gasteiger partial charge on any atom is -0.446 e. The first-order chi connectivity index (χ1) is 11.5. The Hall–Kier alpha value is -1.56. The lowest BCUT2D eigenvalue weighted by Crippen LogP contribution is -2.26. The first-order valence-corrected chi connectivity index (χ1v) is 8.70. The Morgan fingerprint density at radius 1 is 1.42 bits per heavy atom. The van der Waals surface area contributed by atoms with Gasteiger partial charge in [0.05, 0.1) is 6.04 Å². The van der Waals surface area contributed by atoms with Crippen LogP contribution in [0.1, 0.15) is 54.2 Å². The molecular weight excluding hydrogens is 349 g/mol. The minimum absolute atomic E-state index is 0.235. The van der Waals surface area contributed by atoms with Crippen LogP contribution in [0.15, 0.2) is 28.9 Å². The molecule has 0 saturated heterocycles. The van der Waals surface area contributed by atoms with Crippen LogP contribution in [0.25, 0.3) is 0 Å². The number of rotatable bonds is 8. The molecule has 1 atom stereocenters. The normalized spacial score (nSPS) is 12.2. The van der Waals surface area contributed by atoms with Crippen molar-refractivity contribution in [2.24, 2.45) is 5.73 Å². The first kappa shape index (κ1) is 18.8. The zero-order valence-corrected chi connectivity index (χ0v) is 15.0. The van der Waals surface area contributed by atoms with Crippen LogP contribution in [-0.2, 0) is 6.42 Å². The van der Waals surface area contributed by atoms with Gasteiger partial charge in [0, 0.05) is 16.6 Å². The molecule has 0 radical (unpaired) electrons. The van der Waals surface area contributed by atoms with Crippen molar-refractivity contribution in [3.8, 4) is 0 Å². The third-order valence-corrected chi connectivity index (χ3v) is 4.22. The fourth-order valence-corrected chi connectivity index (χ4v) is 2.74. The Bertz CT molecular complexity index is 688. The van der Waals surface area contributed by atoms with Crippen molar-refractivity contribution in [2.75, 3.05) is 6.54 Å². The molecule has 0 saturated carbocycles. The number of oxazole rings is 1. The predicted molar refractivity (Wildman–Crippen MR) is 95.5 cm³/mol. The summed E-state index contributed by atoms with van der Waals surface area (Å²) in [5, 5.41) is 3.96. The average Bonchev–Trinajstić information content (AvgIpc) is 3.04. The molecule has 0 spiro atoms. The molecule has 130 valence electrons. The maximum atomic E-state index is 12.1. The Morgan fingerprint density at radius 3 is 2.92 bits per heavy atom. The molecule has 2 aromatic rings. The lowest BCUT2D eigenvalue weighted by molar-refractivity contribution is 0.0949. The summed E-state index contributed by atoms with van der Waals surface area (Å²) in [4.78, 5) is 16.3. The van der Waals surface area contributed by atoms with Crippen LogP contribution < -0.4 is 11.1 Å². The van der Waals surface area contributed by atoms with Crippen LogP contribution in [0.3, 0.4) is 0 Å². The van der Waals surface area contributed by atoms with Gasteiger partial charge in [0.2, 0.25) is 5.89 Å². The highest BCUT2D eigenvalue weighted by Crippen LogP contribution is 2.21. The van der Waals surface area contributed by atoms with Gasteiger partial charge in [0.25, 0.3) is 5.91 Å². The average molecular weight is 370 g/mol. The van der Waals surface area contributed by atoms with Gasteiger partial charge >= 0.3 is 0 Å². The number of halogens is 2. The number of hydrogen-bond donors (Lipinski definition) is 2. The van der Waals surface area contributed by atoms with Crippen molar-refractivity contribution in [3.05, 3.63) is 51.7 Å². The molecule has 1 amide bonds. The largest absolute Gasteiger partial charge is 0.446 e. The molecule has 0 fully saturated rings. The number of amides is 1. The second-order valence-corrected chi connectivity index (χ2v) is 6.40. The molecule has 0 aliphatic carbocycles. The quantitative estimate of drug-likeness (QED) is 0.732. The van der Waals surface area contributed by atoms with Crippen molar-refractivity contribution in [1.29, 1.82) is 0 Å². The topological polar surface area (TPSA) is 81.1 Å². The van der Waals surface area contributed by atoms with E-state index in [-0.39, 0.29) is 17.6 Å². The molecular formula is C17H21Cl2N3O2. The molecule has 2 rings (SSSR count). The lowest BCUT2D eigenvalue weighted by atomic mass is 10.1. The van der Waals surface area contributed by atoms with Crippen molar-refractivity contribution >= 4 is 29.1 Å². The fraction of sp³-hybridized carbons (Fsp3) is 0.412. The van der Waals surface area contributed by atoms with Crippen LogP contribution in [0, 0.1) is 0 Å². The highest BCUT2D eigenvalue weighted by molar-refractivity contribution is 6.35. The molecule has 0 aliphatic heterocycles. The molecule has 1 heterocycles. The molecule has 1 unspecified atom stereocenters. The van der Waals surface area contributed by atoms with Crippen molar-refractivity contribution < 1.29 is 9.21 Å². The van der Waals surface area contributed by atoms with Gasteiger partial charge in [0.1, 0.15) is 6.26 Å². The summed E-state index contributed by atoms with van der Waals surface area (Å²) >= 11 is 12.0. The Balaban J connectivity index is 1.85. The van der Waals surface area contributed by atoms with Crippen LogP contribution in [0.2, 0.25) is 10.0 Å². The second kappa shape index (κ2) is 9.06. The number of carbonyl (C=O) groups excluding carboxylic acids is 1. The number of carbonyl (C=O) groups is 1. The highest BCUT2D eigenvalue weighted by Gasteiger charge is 2.16. The van der Waals surface area contributed by atoms with Gasteiger partial charge in [0.15, 0.2) is 5.69 Å². The first-order valence-electron chi connectivity index (χ1n) is 7.94. The minimum atomic E-state index is -0.294. The van der Waals surface area contributed by atoms with E-state index in [1.165, 1.54) is 6.26 Å². The smallest absolute Gasteiger partial charge is 0.273 e. The third-order valence-electron chi connectivity index (χ3n) is 3.64. The predicted octanol–water partition coefficient (Wildman–Crippen LogP) is 4.14. The molecule has 3 N–H and O–H groups in total. The maximum absolute atomic E-state index is 12.1. The summed E-state index contributed by atoms with van der Waals surface area (Å²) in [5.74, 6) is 0.104. The second-order valence-electron chi connectivity index (χ2n) is 5.56. The highest BCUT2D eigenvalue weighted by atomic mass is 35.5. The van der Waals surface area contributed by atoms with Gasteiger partial charge in [-0.1, -0.05) is 49.0 Å². The van der Waals surface area contributed by atoms with Crippen molar-refractivity contribution in [2.45, 2.75) is 38.6 Å². The Kier molecular flexibility index (Phi) is 7.09. The van der Waals surface area contributed by atoms with E-state index in [9.17, 15) is 4.79 Å². The molecule has 5 nitrogen and oxygen atoms in total. The van der Waals surface area contributed by atoms with Crippen LogP contribution >= 0.6 is 23.2 Å². The van der Waals surface area contributed by atoms with E-state index < -0.39 is 0 Å². The Morgan fingerprint density at radius 2 is 2.21 bits per heavy atom. The SMILES string of the molecule is CCCCC(N)c1nc(C(=O)NCCc2ccc(Cl)cc2Cl)co1. The lowest BCUT2D eigenvalue weighted by Gasteiger charge is -2.06. The summed E-state index contributed by atoms with van der Waals surface area (Å²) in [7, 11) is 0. The van der Waals surface area contributed by atoms with Gasteiger partial charge in [-0.15, -0.1) is 0 Å². The van der Waals surface area contributed by atoms with E-state index in [1.807, 2.05) is 6.07 Å². The van der Waals surface area contributed by atoms with Gasteiger partial charge in [-0.25, -0.2) is 4.98 Å². The number of benzene rings is 1. The number of nitrogens with one attached hydrogen (secondary N) is 1. The van der Waals surface area contributed by atoms with Gasteiger partial charge in [-0.3, -0.25) is 4.79 Å². The molecule has 1 aromatic heterocycles. The number of nitrogens with zero attached hydrogens (tertiary/aromatic N) is 1. The van der Waals surface area contributed by atoms with E-state index >= 15 is 0 Å². The summed E-state index contributed by atoms with van der Waals surface area (Å²) in [6.07, 6.45) is 4.77. The molecule has 0 bridgehead atoms. The number of aromatic nitrogens is 1. The molecule has 1 aromatic carbocycles. The van der Waals surface area contributed by atoms with Crippen LogP contribution in [0.5, 0.6) is 0 Å². The third kappa shape index (κ3) is 5.23. The van der Waals surface area contributed by atoms with Crippen LogP contribution in [-0.4, -0.2) is 17.4 Å². The van der Waals surface area contributed by atoms with Crippen LogP contribution in [0.4, 0.5) is 0 Å². The summed E-state index contributed by atoms with van der Waals surface area (Å²) < 4.78 is 5.31.